The van der Waals surface area contributed by atoms with Gasteiger partial charge >= 0.3 is 6.09 Å². The summed E-state index contributed by atoms with van der Waals surface area (Å²) in [6.45, 7) is 6.43. The van der Waals surface area contributed by atoms with Crippen molar-refractivity contribution in [3.63, 3.8) is 0 Å². The Labute approximate surface area is 78.1 Å². The second-order valence-electron chi connectivity index (χ2n) is 4.11. The molecule has 0 N–H and O–H groups in total. The highest BCUT2D eigenvalue weighted by Gasteiger charge is 2.33. The van der Waals surface area contributed by atoms with Crippen LogP contribution in [0.15, 0.2) is 0 Å². The Morgan fingerprint density at radius 1 is 1.62 bits per heavy atom. The van der Waals surface area contributed by atoms with Gasteiger partial charge in [-0.15, -0.1) is 0 Å². The molecule has 0 aliphatic carbocycles. The predicted molar refractivity (Wildman–Crippen MR) is 47.0 cm³/mol. The van der Waals surface area contributed by atoms with E-state index < -0.39 is 6.10 Å². The van der Waals surface area contributed by atoms with Crippen LogP contribution in [0, 0.1) is 11.3 Å². The van der Waals surface area contributed by atoms with Gasteiger partial charge in [-0.1, -0.05) is 0 Å². The fraction of sp³-hybridized carbons (Fsp3) is 0.778. The highest BCUT2D eigenvalue weighted by atomic mass is 16.6. The van der Waals surface area contributed by atoms with E-state index in [2.05, 4.69) is 0 Å². The fourth-order valence-corrected chi connectivity index (χ4v) is 1.28. The third kappa shape index (κ3) is 2.11. The molecule has 0 saturated carbocycles. The van der Waals surface area contributed by atoms with Gasteiger partial charge in [-0.2, -0.15) is 5.26 Å². The molecule has 1 aliphatic heterocycles. The number of hydrogen-bond donors (Lipinski definition) is 0. The molecule has 0 bridgehead atoms. The van der Waals surface area contributed by atoms with Crippen molar-refractivity contribution >= 4 is 6.09 Å². The van der Waals surface area contributed by atoms with Gasteiger partial charge in [0, 0.05) is 18.5 Å². The number of rotatable bonds is 0. The summed E-state index contributed by atoms with van der Waals surface area (Å²) >= 11 is 0. The van der Waals surface area contributed by atoms with E-state index in [-0.39, 0.29) is 11.6 Å². The Balaban J connectivity index is 2.66. The van der Waals surface area contributed by atoms with Crippen LogP contribution in [0.5, 0.6) is 0 Å². The highest BCUT2D eigenvalue weighted by Crippen LogP contribution is 2.20. The number of carbonyl (C=O) groups excluding carboxylic acids is 1. The van der Waals surface area contributed by atoms with Crippen molar-refractivity contribution < 1.29 is 9.53 Å². The molecule has 1 unspecified atom stereocenters. The van der Waals surface area contributed by atoms with Gasteiger partial charge in [-0.25, -0.2) is 4.79 Å². The quantitative estimate of drug-likeness (QED) is 0.570. The van der Waals surface area contributed by atoms with Gasteiger partial charge < -0.3 is 9.64 Å². The van der Waals surface area contributed by atoms with Crippen LogP contribution >= 0.6 is 0 Å². The highest BCUT2D eigenvalue weighted by molar-refractivity contribution is 5.69. The van der Waals surface area contributed by atoms with E-state index in [0.29, 0.717) is 13.0 Å². The maximum Gasteiger partial charge on any atom is 0.411 e. The van der Waals surface area contributed by atoms with E-state index >= 15 is 0 Å². The minimum Gasteiger partial charge on any atom is -0.431 e. The van der Waals surface area contributed by atoms with Crippen molar-refractivity contribution in [3.8, 4) is 6.07 Å². The van der Waals surface area contributed by atoms with Gasteiger partial charge in [0.1, 0.15) is 6.07 Å². The van der Waals surface area contributed by atoms with Crippen molar-refractivity contribution in [2.75, 3.05) is 6.54 Å². The van der Waals surface area contributed by atoms with E-state index in [9.17, 15) is 4.79 Å². The van der Waals surface area contributed by atoms with Gasteiger partial charge in [-0.3, -0.25) is 0 Å². The van der Waals surface area contributed by atoms with E-state index in [1.807, 2.05) is 26.8 Å². The smallest absolute Gasteiger partial charge is 0.411 e. The first-order chi connectivity index (χ1) is 5.95. The lowest BCUT2D eigenvalue weighted by molar-refractivity contribution is 0.0160. The summed E-state index contributed by atoms with van der Waals surface area (Å²) in [4.78, 5) is 13.0. The van der Waals surface area contributed by atoms with E-state index in [0.717, 1.165) is 0 Å². The molecule has 4 nitrogen and oxygen atoms in total. The van der Waals surface area contributed by atoms with Gasteiger partial charge in [0.15, 0.2) is 6.10 Å². The van der Waals surface area contributed by atoms with Gasteiger partial charge in [-0.05, 0) is 20.8 Å². The Hall–Kier alpha value is -1.24. The zero-order valence-corrected chi connectivity index (χ0v) is 8.20. The third-order valence-corrected chi connectivity index (χ3v) is 2.03. The second kappa shape index (κ2) is 3.25. The Morgan fingerprint density at radius 2 is 2.23 bits per heavy atom. The van der Waals surface area contributed by atoms with Crippen molar-refractivity contribution in [2.24, 2.45) is 0 Å². The predicted octanol–water partition coefficient (Wildman–Crippen LogP) is 1.52. The Kier molecular flexibility index (Phi) is 2.46. The maximum absolute atomic E-state index is 11.4. The molecule has 4 heteroatoms. The average Bonchev–Trinajstić information content (AvgIpc) is 2.01. The zero-order valence-electron chi connectivity index (χ0n) is 8.20. The molecule has 1 fully saturated rings. The summed E-state index contributed by atoms with van der Waals surface area (Å²) in [6.07, 6.45) is -0.351. The molecule has 1 amide bonds. The van der Waals surface area contributed by atoms with E-state index in [4.69, 9.17) is 10.00 Å². The molecule has 1 heterocycles. The van der Waals surface area contributed by atoms with Crippen LogP contribution in [0.1, 0.15) is 27.2 Å². The number of hydrogen-bond acceptors (Lipinski definition) is 3. The van der Waals surface area contributed by atoms with Crippen LogP contribution < -0.4 is 0 Å². The molecule has 0 aromatic rings. The van der Waals surface area contributed by atoms with Crippen LogP contribution in [0.2, 0.25) is 0 Å². The summed E-state index contributed by atoms with van der Waals surface area (Å²) in [6, 6.07) is 1.94. The molecule has 1 saturated heterocycles. The Bertz CT molecular complexity index is 249. The Morgan fingerprint density at radius 3 is 2.62 bits per heavy atom. The van der Waals surface area contributed by atoms with Crippen LogP contribution in [-0.2, 0) is 4.74 Å². The lowest BCUT2D eigenvalue weighted by Crippen LogP contribution is -2.51. The van der Waals surface area contributed by atoms with Crippen molar-refractivity contribution in [1.29, 1.82) is 5.26 Å². The van der Waals surface area contributed by atoms with Crippen molar-refractivity contribution in [3.05, 3.63) is 0 Å². The van der Waals surface area contributed by atoms with Crippen LogP contribution in [-0.4, -0.2) is 29.2 Å². The summed E-state index contributed by atoms with van der Waals surface area (Å²) in [5.74, 6) is 0. The van der Waals surface area contributed by atoms with Crippen LogP contribution in [0.4, 0.5) is 4.79 Å². The van der Waals surface area contributed by atoms with Crippen molar-refractivity contribution in [2.45, 2.75) is 38.8 Å². The lowest BCUT2D eigenvalue weighted by Gasteiger charge is -2.38. The summed E-state index contributed by atoms with van der Waals surface area (Å²) in [5, 5.41) is 8.55. The number of ether oxygens (including phenoxy) is 1. The summed E-state index contributed by atoms with van der Waals surface area (Å²) < 4.78 is 4.90. The molecule has 0 aromatic heterocycles. The summed E-state index contributed by atoms with van der Waals surface area (Å²) in [5.41, 5.74) is -0.225. The average molecular weight is 182 g/mol. The zero-order chi connectivity index (χ0) is 10.1. The second-order valence-corrected chi connectivity index (χ2v) is 4.11. The molecule has 72 valence electrons. The molecular formula is C9H14N2O2. The first kappa shape index (κ1) is 9.85. The topological polar surface area (TPSA) is 53.3 Å². The number of nitriles is 1. The standard InChI is InChI=1S/C9H14N2O2/c1-9(2,3)11-5-4-7(6-10)13-8(11)12/h7H,4-5H2,1-3H3. The maximum atomic E-state index is 11.4. The van der Waals surface area contributed by atoms with Crippen LogP contribution in [0.3, 0.4) is 0 Å². The van der Waals surface area contributed by atoms with Crippen molar-refractivity contribution in [1.82, 2.24) is 4.90 Å². The van der Waals surface area contributed by atoms with E-state index in [1.165, 1.54) is 0 Å². The van der Waals surface area contributed by atoms with Gasteiger partial charge in [0.2, 0.25) is 0 Å². The first-order valence-electron chi connectivity index (χ1n) is 4.33. The minimum atomic E-state index is -0.564. The third-order valence-electron chi connectivity index (χ3n) is 2.03. The number of nitrogens with zero attached hydrogens (tertiary/aromatic N) is 2. The molecule has 13 heavy (non-hydrogen) atoms. The number of carbonyl (C=O) groups is 1. The van der Waals surface area contributed by atoms with Gasteiger partial charge in [0.25, 0.3) is 0 Å². The monoisotopic (exact) mass is 182 g/mol. The summed E-state index contributed by atoms with van der Waals surface area (Å²) in [7, 11) is 0. The van der Waals surface area contributed by atoms with Crippen LogP contribution in [0.25, 0.3) is 0 Å². The lowest BCUT2D eigenvalue weighted by atomic mass is 10.1. The number of cyclic esters (lactones) is 1. The SMILES string of the molecule is CC(C)(C)N1CCC(C#N)OC1=O. The molecule has 0 radical (unpaired) electrons. The molecule has 0 spiro atoms. The molecule has 1 aliphatic rings. The van der Waals surface area contributed by atoms with E-state index in [1.54, 1.807) is 4.90 Å². The molecule has 1 rings (SSSR count). The molecule has 0 aromatic carbocycles. The minimum absolute atomic E-state index is 0.225. The largest absolute Gasteiger partial charge is 0.431 e. The first-order valence-corrected chi connectivity index (χ1v) is 4.33. The van der Waals surface area contributed by atoms with Gasteiger partial charge in [0.05, 0.1) is 0 Å². The number of amides is 1. The normalized spacial score (nSPS) is 23.7. The molecule has 1 atom stereocenters. The molecular weight excluding hydrogens is 168 g/mol. The fourth-order valence-electron chi connectivity index (χ4n) is 1.28.